The molecule has 1 N–H and O–H groups in total. The van der Waals surface area contributed by atoms with Crippen LogP contribution in [0.5, 0.6) is 0 Å². The Kier molecular flexibility index (Phi) is 5.94. The number of carbonyl (C=O) groups excluding carboxylic acids is 1. The van der Waals surface area contributed by atoms with Gasteiger partial charge in [-0.3, -0.25) is 14.9 Å². The molecule has 0 saturated carbocycles. The van der Waals surface area contributed by atoms with E-state index in [0.717, 1.165) is 60.1 Å². The van der Waals surface area contributed by atoms with Crippen LogP contribution in [0.15, 0.2) is 59.0 Å². The molecule has 178 valence electrons. The van der Waals surface area contributed by atoms with Gasteiger partial charge >= 0.3 is 0 Å². The van der Waals surface area contributed by atoms with Gasteiger partial charge in [-0.1, -0.05) is 6.07 Å². The number of carbonyl (C=O) groups is 1. The molecule has 3 aromatic carbocycles. The molecule has 1 aromatic heterocycles. The molecule has 1 fully saturated rings. The average Bonchev–Trinajstić information content (AvgIpc) is 3.29. The zero-order chi connectivity index (χ0) is 24.5. The highest BCUT2D eigenvalue weighted by Gasteiger charge is 2.23. The SMILES string of the molecule is Cc1cc(C)c2oc(-c3ccc(NC(=O)c4ccc(N5CCCCC5)c([N+](=O)[O-])c4)cc3)nc2c1. The van der Waals surface area contributed by atoms with Gasteiger partial charge in [-0.15, -0.1) is 0 Å². The van der Waals surface area contributed by atoms with Crippen LogP contribution in [0.1, 0.15) is 40.7 Å². The quantitative estimate of drug-likeness (QED) is 0.273. The van der Waals surface area contributed by atoms with Crippen LogP contribution in [-0.2, 0) is 0 Å². The summed E-state index contributed by atoms with van der Waals surface area (Å²) in [5.41, 5.74) is 5.85. The zero-order valence-electron chi connectivity index (χ0n) is 19.7. The molecule has 2 heterocycles. The molecule has 4 aromatic rings. The van der Waals surface area contributed by atoms with Crippen LogP contribution < -0.4 is 10.2 Å². The summed E-state index contributed by atoms with van der Waals surface area (Å²) in [7, 11) is 0. The monoisotopic (exact) mass is 470 g/mol. The maximum Gasteiger partial charge on any atom is 0.293 e. The van der Waals surface area contributed by atoms with E-state index in [1.165, 1.54) is 6.07 Å². The summed E-state index contributed by atoms with van der Waals surface area (Å²) in [4.78, 5) is 30.7. The van der Waals surface area contributed by atoms with Crippen molar-refractivity contribution in [2.24, 2.45) is 0 Å². The maximum absolute atomic E-state index is 12.8. The summed E-state index contributed by atoms with van der Waals surface area (Å²) >= 11 is 0. The largest absolute Gasteiger partial charge is 0.436 e. The number of anilines is 2. The molecule has 5 rings (SSSR count). The molecule has 0 radical (unpaired) electrons. The van der Waals surface area contributed by atoms with E-state index in [0.29, 0.717) is 17.3 Å². The Bertz CT molecular complexity index is 1420. The molecule has 0 bridgehead atoms. The number of hydrogen-bond donors (Lipinski definition) is 1. The number of amides is 1. The minimum atomic E-state index is -0.418. The van der Waals surface area contributed by atoms with Gasteiger partial charge in [0, 0.05) is 36.0 Å². The fourth-order valence-corrected chi connectivity index (χ4v) is 4.61. The van der Waals surface area contributed by atoms with E-state index in [2.05, 4.69) is 16.4 Å². The van der Waals surface area contributed by atoms with E-state index in [-0.39, 0.29) is 11.3 Å². The van der Waals surface area contributed by atoms with Gasteiger partial charge in [0.05, 0.1) is 4.92 Å². The lowest BCUT2D eigenvalue weighted by molar-refractivity contribution is -0.384. The first-order valence-electron chi connectivity index (χ1n) is 11.7. The first-order valence-corrected chi connectivity index (χ1v) is 11.7. The van der Waals surface area contributed by atoms with Crippen LogP contribution in [0.3, 0.4) is 0 Å². The van der Waals surface area contributed by atoms with Crippen molar-refractivity contribution in [3.63, 3.8) is 0 Å². The lowest BCUT2D eigenvalue weighted by Gasteiger charge is -2.28. The molecule has 0 atom stereocenters. The lowest BCUT2D eigenvalue weighted by Crippen LogP contribution is -2.30. The number of benzene rings is 3. The highest BCUT2D eigenvalue weighted by molar-refractivity contribution is 6.05. The van der Waals surface area contributed by atoms with Gasteiger partial charge in [0.25, 0.3) is 11.6 Å². The molecule has 8 nitrogen and oxygen atoms in total. The standard InChI is InChI=1S/C27H26N4O4/c1-17-14-18(2)25-22(15-17)29-27(35-25)19-6-9-21(10-7-19)28-26(32)20-8-11-23(24(16-20)31(33)34)30-12-4-3-5-13-30/h6-11,14-16H,3-5,12-13H2,1-2H3,(H,28,32). The Labute approximate surface area is 202 Å². The smallest absolute Gasteiger partial charge is 0.293 e. The number of fused-ring (bicyclic) bond motifs is 1. The number of piperidine rings is 1. The minimum absolute atomic E-state index is 0.0450. The van der Waals surface area contributed by atoms with E-state index in [1.807, 2.05) is 36.9 Å². The van der Waals surface area contributed by atoms with Crippen molar-refractivity contribution in [3.8, 4) is 11.5 Å². The Hall–Kier alpha value is -4.20. The minimum Gasteiger partial charge on any atom is -0.436 e. The fourth-order valence-electron chi connectivity index (χ4n) is 4.61. The zero-order valence-corrected chi connectivity index (χ0v) is 19.7. The van der Waals surface area contributed by atoms with Crippen molar-refractivity contribution >= 4 is 34.1 Å². The van der Waals surface area contributed by atoms with Crippen LogP contribution in [0.4, 0.5) is 17.1 Å². The molecular formula is C27H26N4O4. The van der Waals surface area contributed by atoms with E-state index in [1.54, 1.807) is 24.3 Å². The van der Waals surface area contributed by atoms with Crippen molar-refractivity contribution in [1.29, 1.82) is 0 Å². The highest BCUT2D eigenvalue weighted by Crippen LogP contribution is 2.32. The third-order valence-electron chi connectivity index (χ3n) is 6.34. The molecule has 0 spiro atoms. The number of aromatic nitrogens is 1. The molecule has 0 aliphatic carbocycles. The van der Waals surface area contributed by atoms with Crippen molar-refractivity contribution in [2.45, 2.75) is 33.1 Å². The van der Waals surface area contributed by atoms with Crippen LogP contribution in [-0.4, -0.2) is 28.9 Å². The van der Waals surface area contributed by atoms with Gasteiger partial charge < -0.3 is 14.6 Å². The third kappa shape index (κ3) is 4.59. The van der Waals surface area contributed by atoms with Gasteiger partial charge in [-0.25, -0.2) is 4.98 Å². The van der Waals surface area contributed by atoms with Crippen molar-refractivity contribution in [3.05, 3.63) is 81.4 Å². The summed E-state index contributed by atoms with van der Waals surface area (Å²) in [6.07, 6.45) is 3.16. The molecule has 1 aliphatic rings. The predicted molar refractivity (Wildman–Crippen MR) is 136 cm³/mol. The second-order valence-corrected chi connectivity index (χ2v) is 8.99. The van der Waals surface area contributed by atoms with Gasteiger partial charge in [-0.05, 0) is 86.7 Å². The Morgan fingerprint density at radius 1 is 1.03 bits per heavy atom. The Morgan fingerprint density at radius 3 is 2.49 bits per heavy atom. The fraction of sp³-hybridized carbons (Fsp3) is 0.259. The normalized spacial score (nSPS) is 13.7. The number of nitro groups is 1. The number of rotatable bonds is 5. The third-order valence-corrected chi connectivity index (χ3v) is 6.34. The average molecular weight is 471 g/mol. The van der Waals surface area contributed by atoms with Gasteiger partial charge in [0.2, 0.25) is 5.89 Å². The second-order valence-electron chi connectivity index (χ2n) is 8.99. The Balaban J connectivity index is 1.34. The molecule has 1 amide bonds. The van der Waals surface area contributed by atoms with Crippen molar-refractivity contribution in [1.82, 2.24) is 4.98 Å². The maximum atomic E-state index is 12.8. The van der Waals surface area contributed by atoms with Crippen molar-refractivity contribution < 1.29 is 14.1 Å². The first-order chi connectivity index (χ1) is 16.9. The van der Waals surface area contributed by atoms with Crippen LogP contribution in [0.2, 0.25) is 0 Å². The van der Waals surface area contributed by atoms with Gasteiger partial charge in [-0.2, -0.15) is 0 Å². The van der Waals surface area contributed by atoms with Crippen LogP contribution >= 0.6 is 0 Å². The van der Waals surface area contributed by atoms with Gasteiger partial charge in [0.15, 0.2) is 5.58 Å². The summed E-state index contributed by atoms with van der Waals surface area (Å²) in [6.45, 7) is 5.59. The van der Waals surface area contributed by atoms with Crippen LogP contribution in [0, 0.1) is 24.0 Å². The molecule has 1 saturated heterocycles. The number of nitrogens with one attached hydrogen (secondary N) is 1. The highest BCUT2D eigenvalue weighted by atomic mass is 16.6. The Morgan fingerprint density at radius 2 is 1.77 bits per heavy atom. The summed E-state index contributed by atoms with van der Waals surface area (Å²) < 4.78 is 5.96. The molecule has 0 unspecified atom stereocenters. The first kappa shape index (κ1) is 22.6. The van der Waals surface area contributed by atoms with Crippen LogP contribution in [0.25, 0.3) is 22.6 Å². The number of hydrogen-bond acceptors (Lipinski definition) is 6. The number of nitrogens with zero attached hydrogens (tertiary/aromatic N) is 3. The van der Waals surface area contributed by atoms with E-state index >= 15 is 0 Å². The lowest BCUT2D eigenvalue weighted by atomic mass is 10.1. The summed E-state index contributed by atoms with van der Waals surface area (Å²) in [6, 6.07) is 15.9. The predicted octanol–water partition coefficient (Wildman–Crippen LogP) is 6.26. The number of oxazole rings is 1. The molecule has 35 heavy (non-hydrogen) atoms. The number of nitro benzene ring substituents is 1. The molecule has 1 aliphatic heterocycles. The molecular weight excluding hydrogens is 444 g/mol. The van der Waals surface area contributed by atoms with E-state index in [4.69, 9.17) is 4.42 Å². The topological polar surface area (TPSA) is 102 Å². The van der Waals surface area contributed by atoms with Crippen molar-refractivity contribution in [2.75, 3.05) is 23.3 Å². The van der Waals surface area contributed by atoms with Gasteiger partial charge in [0.1, 0.15) is 11.2 Å². The second kappa shape index (κ2) is 9.21. The summed E-state index contributed by atoms with van der Waals surface area (Å²) in [5.74, 6) is 0.106. The van der Waals surface area contributed by atoms with E-state index < -0.39 is 10.8 Å². The summed E-state index contributed by atoms with van der Waals surface area (Å²) in [5, 5.41) is 14.5. The molecule has 8 heteroatoms. The number of aryl methyl sites for hydroxylation is 2. The van der Waals surface area contributed by atoms with E-state index in [9.17, 15) is 14.9 Å².